The van der Waals surface area contributed by atoms with Gasteiger partial charge in [-0.05, 0) is 49.2 Å². The van der Waals surface area contributed by atoms with Crippen LogP contribution < -0.4 is 14.8 Å². The van der Waals surface area contributed by atoms with E-state index in [0.29, 0.717) is 30.0 Å². The molecule has 7 nitrogen and oxygen atoms in total. The van der Waals surface area contributed by atoms with E-state index in [0.717, 1.165) is 12.1 Å². The Morgan fingerprint density at radius 3 is 2.24 bits per heavy atom. The topological polar surface area (TPSA) is 84.9 Å². The number of sulfonamides is 1. The standard InChI is InChI=1S/C20H23FN2O5S/c1-27-18-8-5-16(13-19(18)28-2)22-20(24)14-9-11-23(12-10-14)29(25,26)17-6-3-15(21)4-7-17/h3-8,13-14H,9-12H2,1-2H3,(H,22,24). The van der Waals surface area contributed by atoms with Gasteiger partial charge in [-0.15, -0.1) is 0 Å². The number of nitrogens with one attached hydrogen (secondary N) is 1. The molecule has 1 N–H and O–H groups in total. The minimum Gasteiger partial charge on any atom is -0.493 e. The number of hydrogen-bond acceptors (Lipinski definition) is 5. The van der Waals surface area contributed by atoms with Gasteiger partial charge in [0.2, 0.25) is 15.9 Å². The Labute approximate surface area is 169 Å². The van der Waals surface area contributed by atoms with Gasteiger partial charge in [0.15, 0.2) is 11.5 Å². The van der Waals surface area contributed by atoms with Crippen LogP contribution in [0, 0.1) is 11.7 Å². The first-order valence-electron chi connectivity index (χ1n) is 9.13. The van der Waals surface area contributed by atoms with Gasteiger partial charge in [0.1, 0.15) is 5.82 Å². The van der Waals surface area contributed by atoms with Crippen LogP contribution in [0.25, 0.3) is 0 Å². The highest BCUT2D eigenvalue weighted by atomic mass is 32.2. The SMILES string of the molecule is COc1ccc(NC(=O)C2CCN(S(=O)(=O)c3ccc(F)cc3)CC2)cc1OC. The molecule has 3 rings (SSSR count). The molecule has 1 aliphatic rings. The van der Waals surface area contributed by atoms with Crippen LogP contribution in [0.4, 0.5) is 10.1 Å². The van der Waals surface area contributed by atoms with Crippen molar-refractivity contribution in [3.63, 3.8) is 0 Å². The molecule has 0 radical (unpaired) electrons. The van der Waals surface area contributed by atoms with Crippen LogP contribution in [0.5, 0.6) is 11.5 Å². The normalized spacial score (nSPS) is 15.7. The second-order valence-corrected chi connectivity index (χ2v) is 8.63. The molecule has 1 heterocycles. The number of anilines is 1. The summed E-state index contributed by atoms with van der Waals surface area (Å²) < 4.78 is 50.2. The van der Waals surface area contributed by atoms with E-state index >= 15 is 0 Å². The van der Waals surface area contributed by atoms with Crippen molar-refractivity contribution in [2.45, 2.75) is 17.7 Å². The van der Waals surface area contributed by atoms with Crippen molar-refractivity contribution in [2.24, 2.45) is 5.92 Å². The van der Waals surface area contributed by atoms with Gasteiger partial charge >= 0.3 is 0 Å². The summed E-state index contributed by atoms with van der Waals surface area (Å²) in [5.74, 6) is 0.101. The predicted molar refractivity (Wildman–Crippen MR) is 106 cm³/mol. The molecule has 0 atom stereocenters. The molecule has 0 bridgehead atoms. The van der Waals surface area contributed by atoms with E-state index < -0.39 is 15.8 Å². The molecule has 156 valence electrons. The molecule has 1 amide bonds. The number of amides is 1. The van der Waals surface area contributed by atoms with Crippen LogP contribution in [0.2, 0.25) is 0 Å². The number of nitrogens with zero attached hydrogens (tertiary/aromatic N) is 1. The molecular weight excluding hydrogens is 399 g/mol. The van der Waals surface area contributed by atoms with Crippen molar-refractivity contribution in [2.75, 3.05) is 32.6 Å². The van der Waals surface area contributed by atoms with E-state index in [-0.39, 0.29) is 29.8 Å². The molecule has 2 aromatic rings. The summed E-state index contributed by atoms with van der Waals surface area (Å²) in [7, 11) is -0.653. The number of halogens is 1. The van der Waals surface area contributed by atoms with E-state index in [2.05, 4.69) is 5.32 Å². The summed E-state index contributed by atoms with van der Waals surface area (Å²) in [4.78, 5) is 12.6. The predicted octanol–water partition coefficient (Wildman–Crippen LogP) is 2.88. The Morgan fingerprint density at radius 1 is 1.03 bits per heavy atom. The molecule has 0 aromatic heterocycles. The summed E-state index contributed by atoms with van der Waals surface area (Å²) in [5, 5.41) is 2.85. The van der Waals surface area contributed by atoms with Gasteiger partial charge in [0.05, 0.1) is 19.1 Å². The first-order valence-corrected chi connectivity index (χ1v) is 10.6. The highest BCUT2D eigenvalue weighted by molar-refractivity contribution is 7.89. The number of ether oxygens (including phenoxy) is 2. The molecule has 29 heavy (non-hydrogen) atoms. The second kappa shape index (κ2) is 8.79. The van der Waals surface area contributed by atoms with E-state index in [9.17, 15) is 17.6 Å². The molecule has 2 aromatic carbocycles. The van der Waals surface area contributed by atoms with Crippen molar-refractivity contribution >= 4 is 21.6 Å². The Morgan fingerprint density at radius 2 is 1.66 bits per heavy atom. The molecule has 0 unspecified atom stereocenters. The van der Waals surface area contributed by atoms with E-state index in [1.807, 2.05) is 0 Å². The zero-order chi connectivity index (χ0) is 21.0. The van der Waals surface area contributed by atoms with Crippen LogP contribution in [0.15, 0.2) is 47.4 Å². The van der Waals surface area contributed by atoms with Crippen LogP contribution in [-0.2, 0) is 14.8 Å². The van der Waals surface area contributed by atoms with E-state index in [1.165, 1.54) is 30.7 Å². The number of hydrogen-bond donors (Lipinski definition) is 1. The maximum absolute atomic E-state index is 13.1. The third-order valence-corrected chi connectivity index (χ3v) is 6.84. The summed E-state index contributed by atoms with van der Waals surface area (Å²) in [6, 6.07) is 9.83. The lowest BCUT2D eigenvalue weighted by molar-refractivity contribution is -0.120. The fraction of sp³-hybridized carbons (Fsp3) is 0.350. The van der Waals surface area contributed by atoms with Gasteiger partial charge in [-0.25, -0.2) is 12.8 Å². The Balaban J connectivity index is 1.61. The first-order chi connectivity index (χ1) is 13.8. The maximum Gasteiger partial charge on any atom is 0.243 e. The number of carbonyl (C=O) groups is 1. The average molecular weight is 422 g/mol. The van der Waals surface area contributed by atoms with Gasteiger partial charge in [-0.1, -0.05) is 0 Å². The fourth-order valence-corrected chi connectivity index (χ4v) is 4.74. The average Bonchev–Trinajstić information content (AvgIpc) is 2.74. The number of methoxy groups -OCH3 is 2. The Hall–Kier alpha value is -2.65. The Kier molecular flexibility index (Phi) is 6.39. The number of rotatable bonds is 6. The number of piperidine rings is 1. The highest BCUT2D eigenvalue weighted by Crippen LogP contribution is 2.31. The number of carbonyl (C=O) groups excluding carboxylic acids is 1. The summed E-state index contributed by atoms with van der Waals surface area (Å²) in [6.07, 6.45) is 0.805. The molecule has 9 heteroatoms. The van der Waals surface area contributed by atoms with E-state index in [1.54, 1.807) is 18.2 Å². The number of benzene rings is 2. The van der Waals surface area contributed by atoms with Gasteiger partial charge in [-0.3, -0.25) is 4.79 Å². The Bertz CT molecular complexity index is 971. The highest BCUT2D eigenvalue weighted by Gasteiger charge is 2.32. The minimum absolute atomic E-state index is 0.0483. The van der Waals surface area contributed by atoms with Crippen LogP contribution >= 0.6 is 0 Å². The van der Waals surface area contributed by atoms with E-state index in [4.69, 9.17) is 9.47 Å². The van der Waals surface area contributed by atoms with Gasteiger partial charge < -0.3 is 14.8 Å². The lowest BCUT2D eigenvalue weighted by Gasteiger charge is -2.30. The van der Waals surface area contributed by atoms with Gasteiger partial charge in [0.25, 0.3) is 0 Å². The third-order valence-electron chi connectivity index (χ3n) is 4.93. The van der Waals surface area contributed by atoms with Crippen molar-refractivity contribution in [1.29, 1.82) is 0 Å². The van der Waals surface area contributed by atoms with Crippen molar-refractivity contribution in [3.05, 3.63) is 48.3 Å². The van der Waals surface area contributed by atoms with Gasteiger partial charge in [-0.2, -0.15) is 4.31 Å². The van der Waals surface area contributed by atoms with Crippen molar-refractivity contribution in [1.82, 2.24) is 4.31 Å². The largest absolute Gasteiger partial charge is 0.493 e. The smallest absolute Gasteiger partial charge is 0.243 e. The lowest BCUT2D eigenvalue weighted by atomic mass is 9.97. The molecule has 1 fully saturated rings. The summed E-state index contributed by atoms with van der Waals surface area (Å²) in [6.45, 7) is 0.452. The molecule has 0 aliphatic carbocycles. The van der Waals surface area contributed by atoms with Gasteiger partial charge in [0, 0.05) is 30.8 Å². The fourth-order valence-electron chi connectivity index (χ4n) is 3.27. The quantitative estimate of drug-likeness (QED) is 0.774. The van der Waals surface area contributed by atoms with Crippen molar-refractivity contribution < 1.29 is 27.1 Å². The minimum atomic E-state index is -3.70. The molecule has 1 saturated heterocycles. The maximum atomic E-state index is 13.1. The monoisotopic (exact) mass is 422 g/mol. The first kappa shape index (κ1) is 21.1. The molecule has 0 spiro atoms. The molecular formula is C20H23FN2O5S. The molecule has 1 aliphatic heterocycles. The van der Waals surface area contributed by atoms with Crippen LogP contribution in [-0.4, -0.2) is 45.9 Å². The summed E-state index contributed by atoms with van der Waals surface area (Å²) >= 11 is 0. The zero-order valence-electron chi connectivity index (χ0n) is 16.2. The second-order valence-electron chi connectivity index (χ2n) is 6.69. The van der Waals surface area contributed by atoms with Crippen LogP contribution in [0.3, 0.4) is 0 Å². The summed E-state index contributed by atoms with van der Waals surface area (Å²) in [5.41, 5.74) is 0.578. The van der Waals surface area contributed by atoms with Crippen LogP contribution in [0.1, 0.15) is 12.8 Å². The molecule has 0 saturated carbocycles. The van der Waals surface area contributed by atoms with Crippen molar-refractivity contribution in [3.8, 4) is 11.5 Å². The zero-order valence-corrected chi connectivity index (χ0v) is 17.0. The third kappa shape index (κ3) is 4.68. The lowest BCUT2D eigenvalue weighted by Crippen LogP contribution is -2.41.